The minimum Gasteiger partial charge on any atom is -0.494 e. The SMILES string of the molecule is CCOc1cccc(NC(=O)Cc2ccc(C)c(C)c2)c1. The van der Waals surface area contributed by atoms with E-state index in [-0.39, 0.29) is 5.91 Å². The summed E-state index contributed by atoms with van der Waals surface area (Å²) in [6, 6.07) is 13.6. The number of ether oxygens (including phenoxy) is 1. The van der Waals surface area contributed by atoms with Gasteiger partial charge in [0.1, 0.15) is 5.75 Å². The second-order valence-electron chi connectivity index (χ2n) is 5.10. The molecule has 0 heterocycles. The molecule has 0 saturated heterocycles. The van der Waals surface area contributed by atoms with Crippen LogP contribution in [0.2, 0.25) is 0 Å². The van der Waals surface area contributed by atoms with E-state index < -0.39 is 0 Å². The fourth-order valence-electron chi connectivity index (χ4n) is 2.13. The van der Waals surface area contributed by atoms with Crippen molar-refractivity contribution in [3.63, 3.8) is 0 Å². The van der Waals surface area contributed by atoms with E-state index in [1.54, 1.807) is 0 Å². The quantitative estimate of drug-likeness (QED) is 0.904. The number of aryl methyl sites for hydroxylation is 2. The van der Waals surface area contributed by atoms with E-state index in [0.29, 0.717) is 13.0 Å². The van der Waals surface area contributed by atoms with Crippen LogP contribution in [0.5, 0.6) is 5.75 Å². The molecular weight excluding hydrogens is 262 g/mol. The molecule has 3 heteroatoms. The van der Waals surface area contributed by atoms with Crippen LogP contribution in [0.1, 0.15) is 23.6 Å². The number of carbonyl (C=O) groups is 1. The van der Waals surface area contributed by atoms with Crippen molar-refractivity contribution in [1.82, 2.24) is 0 Å². The number of rotatable bonds is 5. The van der Waals surface area contributed by atoms with Gasteiger partial charge in [0.2, 0.25) is 5.91 Å². The summed E-state index contributed by atoms with van der Waals surface area (Å²) in [5, 5.41) is 2.90. The third kappa shape index (κ3) is 4.35. The second-order valence-corrected chi connectivity index (χ2v) is 5.10. The van der Waals surface area contributed by atoms with Crippen molar-refractivity contribution < 1.29 is 9.53 Å². The van der Waals surface area contributed by atoms with Gasteiger partial charge in [0.15, 0.2) is 0 Å². The topological polar surface area (TPSA) is 38.3 Å². The van der Waals surface area contributed by atoms with Crippen molar-refractivity contribution in [3.05, 3.63) is 59.2 Å². The van der Waals surface area contributed by atoms with Crippen molar-refractivity contribution in [3.8, 4) is 5.75 Å². The number of nitrogens with one attached hydrogen (secondary N) is 1. The van der Waals surface area contributed by atoms with Gasteiger partial charge in [-0.2, -0.15) is 0 Å². The molecule has 1 N–H and O–H groups in total. The van der Waals surface area contributed by atoms with E-state index in [9.17, 15) is 4.79 Å². The molecule has 2 aromatic rings. The Morgan fingerprint density at radius 2 is 1.90 bits per heavy atom. The lowest BCUT2D eigenvalue weighted by Gasteiger charge is -2.09. The van der Waals surface area contributed by atoms with Crippen molar-refractivity contribution in [2.75, 3.05) is 11.9 Å². The van der Waals surface area contributed by atoms with Crippen LogP contribution in [-0.4, -0.2) is 12.5 Å². The monoisotopic (exact) mass is 283 g/mol. The zero-order valence-corrected chi connectivity index (χ0v) is 12.8. The molecule has 110 valence electrons. The van der Waals surface area contributed by atoms with Crippen LogP contribution >= 0.6 is 0 Å². The minimum atomic E-state index is -0.0214. The summed E-state index contributed by atoms with van der Waals surface area (Å²) >= 11 is 0. The standard InChI is InChI=1S/C18H21NO2/c1-4-21-17-7-5-6-16(12-17)19-18(20)11-15-9-8-13(2)14(3)10-15/h5-10,12H,4,11H2,1-3H3,(H,19,20). The number of amides is 1. The molecule has 0 spiro atoms. The molecule has 0 unspecified atom stereocenters. The van der Waals surface area contributed by atoms with Gasteiger partial charge >= 0.3 is 0 Å². The van der Waals surface area contributed by atoms with Crippen LogP contribution < -0.4 is 10.1 Å². The highest BCUT2D eigenvalue weighted by atomic mass is 16.5. The first-order valence-electron chi connectivity index (χ1n) is 7.17. The first kappa shape index (κ1) is 15.1. The molecule has 21 heavy (non-hydrogen) atoms. The average molecular weight is 283 g/mol. The Hall–Kier alpha value is -2.29. The fourth-order valence-corrected chi connectivity index (χ4v) is 2.13. The summed E-state index contributed by atoms with van der Waals surface area (Å²) in [5.74, 6) is 0.744. The highest BCUT2D eigenvalue weighted by molar-refractivity contribution is 5.92. The van der Waals surface area contributed by atoms with Crippen LogP contribution in [0, 0.1) is 13.8 Å². The van der Waals surface area contributed by atoms with Gasteiger partial charge in [-0.25, -0.2) is 0 Å². The molecule has 3 nitrogen and oxygen atoms in total. The number of benzene rings is 2. The molecule has 1 amide bonds. The Kier molecular flexibility index (Phi) is 4.99. The van der Waals surface area contributed by atoms with Gasteiger partial charge in [0.25, 0.3) is 0 Å². The van der Waals surface area contributed by atoms with E-state index in [0.717, 1.165) is 17.0 Å². The molecule has 0 aromatic heterocycles. The van der Waals surface area contributed by atoms with E-state index in [1.165, 1.54) is 11.1 Å². The van der Waals surface area contributed by atoms with Gasteiger partial charge in [-0.1, -0.05) is 24.3 Å². The Morgan fingerprint density at radius 1 is 1.10 bits per heavy atom. The Balaban J connectivity index is 2.01. The number of hydrogen-bond donors (Lipinski definition) is 1. The molecule has 0 aliphatic heterocycles. The lowest BCUT2D eigenvalue weighted by Crippen LogP contribution is -2.14. The zero-order chi connectivity index (χ0) is 15.2. The van der Waals surface area contributed by atoms with E-state index in [1.807, 2.05) is 43.3 Å². The number of hydrogen-bond acceptors (Lipinski definition) is 2. The minimum absolute atomic E-state index is 0.0214. The summed E-state index contributed by atoms with van der Waals surface area (Å²) in [5.41, 5.74) is 4.23. The molecule has 2 rings (SSSR count). The molecule has 0 radical (unpaired) electrons. The van der Waals surface area contributed by atoms with Gasteiger partial charge in [0, 0.05) is 11.8 Å². The van der Waals surface area contributed by atoms with Crippen LogP contribution in [0.15, 0.2) is 42.5 Å². The Labute approximate surface area is 126 Å². The smallest absolute Gasteiger partial charge is 0.228 e. The molecule has 0 saturated carbocycles. The molecule has 0 bridgehead atoms. The predicted molar refractivity (Wildman–Crippen MR) is 85.9 cm³/mol. The largest absolute Gasteiger partial charge is 0.494 e. The number of carbonyl (C=O) groups excluding carboxylic acids is 1. The van der Waals surface area contributed by atoms with Gasteiger partial charge in [-0.3, -0.25) is 4.79 Å². The summed E-state index contributed by atoms with van der Waals surface area (Å²) < 4.78 is 5.42. The maximum Gasteiger partial charge on any atom is 0.228 e. The van der Waals surface area contributed by atoms with Crippen LogP contribution in [0.25, 0.3) is 0 Å². The normalized spacial score (nSPS) is 10.2. The summed E-state index contributed by atoms with van der Waals surface area (Å²) in [4.78, 5) is 12.1. The number of anilines is 1. The molecule has 2 aromatic carbocycles. The van der Waals surface area contributed by atoms with Crippen LogP contribution in [0.3, 0.4) is 0 Å². The van der Waals surface area contributed by atoms with Crippen molar-refractivity contribution in [2.45, 2.75) is 27.2 Å². The first-order valence-corrected chi connectivity index (χ1v) is 7.17. The van der Waals surface area contributed by atoms with Gasteiger partial charge in [-0.15, -0.1) is 0 Å². The summed E-state index contributed by atoms with van der Waals surface area (Å²) in [7, 11) is 0. The van der Waals surface area contributed by atoms with Gasteiger partial charge < -0.3 is 10.1 Å². The third-order valence-electron chi connectivity index (χ3n) is 3.36. The zero-order valence-electron chi connectivity index (χ0n) is 12.8. The van der Waals surface area contributed by atoms with Gasteiger partial charge in [-0.05, 0) is 49.6 Å². The van der Waals surface area contributed by atoms with E-state index in [4.69, 9.17) is 4.74 Å². The molecule has 0 fully saturated rings. The van der Waals surface area contributed by atoms with Crippen LogP contribution in [-0.2, 0) is 11.2 Å². The molecule has 0 aliphatic carbocycles. The average Bonchev–Trinajstić information content (AvgIpc) is 2.43. The summed E-state index contributed by atoms with van der Waals surface area (Å²) in [6.07, 6.45) is 0.375. The maximum atomic E-state index is 12.1. The Bertz CT molecular complexity index is 635. The van der Waals surface area contributed by atoms with E-state index >= 15 is 0 Å². The molecular formula is C18H21NO2. The maximum absolute atomic E-state index is 12.1. The molecule has 0 atom stereocenters. The fraction of sp³-hybridized carbons (Fsp3) is 0.278. The van der Waals surface area contributed by atoms with Gasteiger partial charge in [0.05, 0.1) is 13.0 Å². The highest BCUT2D eigenvalue weighted by Crippen LogP contribution is 2.18. The Morgan fingerprint density at radius 3 is 2.62 bits per heavy atom. The van der Waals surface area contributed by atoms with Crippen molar-refractivity contribution in [1.29, 1.82) is 0 Å². The first-order chi connectivity index (χ1) is 10.1. The lowest BCUT2D eigenvalue weighted by atomic mass is 10.0. The third-order valence-corrected chi connectivity index (χ3v) is 3.36. The van der Waals surface area contributed by atoms with Crippen molar-refractivity contribution in [2.24, 2.45) is 0 Å². The summed E-state index contributed by atoms with van der Waals surface area (Å²) in [6.45, 7) is 6.67. The molecule has 0 aliphatic rings. The lowest BCUT2D eigenvalue weighted by molar-refractivity contribution is -0.115. The van der Waals surface area contributed by atoms with Crippen molar-refractivity contribution >= 4 is 11.6 Å². The van der Waals surface area contributed by atoms with Crippen LogP contribution in [0.4, 0.5) is 5.69 Å². The second kappa shape index (κ2) is 6.93. The van der Waals surface area contributed by atoms with E-state index in [2.05, 4.69) is 25.2 Å². The predicted octanol–water partition coefficient (Wildman–Crippen LogP) is 3.88. The highest BCUT2D eigenvalue weighted by Gasteiger charge is 2.06.